The van der Waals surface area contributed by atoms with Crippen molar-refractivity contribution in [3.8, 4) is 0 Å². The molecule has 1 aliphatic heterocycles. The van der Waals surface area contributed by atoms with E-state index in [-0.39, 0.29) is 11.6 Å². The van der Waals surface area contributed by atoms with Gasteiger partial charge in [-0.05, 0) is 30.0 Å². The minimum Gasteiger partial charge on any atom is -0.332 e. The number of hydrogen-bond donors (Lipinski definition) is 2. The Morgan fingerprint density at radius 1 is 1.20 bits per heavy atom. The van der Waals surface area contributed by atoms with Gasteiger partial charge in [-0.1, -0.05) is 18.2 Å². The van der Waals surface area contributed by atoms with Gasteiger partial charge in [-0.15, -0.1) is 11.3 Å². The topological polar surface area (TPSA) is 87.5 Å². The van der Waals surface area contributed by atoms with Gasteiger partial charge in [0.05, 0.1) is 17.1 Å². The average molecular weight is 356 g/mol. The number of carbonyl (C=O) groups is 2. The molecule has 0 saturated carbocycles. The first-order valence-electron chi connectivity index (χ1n) is 7.95. The Labute approximate surface area is 147 Å². The summed E-state index contributed by atoms with van der Waals surface area (Å²) in [6.45, 7) is 1.65. The van der Waals surface area contributed by atoms with Crippen LogP contribution in [-0.2, 0) is 13.1 Å². The number of thiophene rings is 1. The van der Waals surface area contributed by atoms with Crippen molar-refractivity contribution in [1.29, 1.82) is 0 Å². The molecule has 0 atom stereocenters. The van der Waals surface area contributed by atoms with Crippen LogP contribution in [0.4, 0.5) is 0 Å². The van der Waals surface area contributed by atoms with Crippen LogP contribution in [0.15, 0.2) is 36.4 Å². The highest BCUT2D eigenvalue weighted by molar-refractivity contribution is 7.20. The number of rotatable bonds is 2. The van der Waals surface area contributed by atoms with Crippen LogP contribution >= 0.6 is 11.3 Å². The number of aryl methyl sites for hydroxylation is 1. The fourth-order valence-electron chi connectivity index (χ4n) is 3.05. The van der Waals surface area contributed by atoms with Crippen molar-refractivity contribution in [2.45, 2.75) is 19.5 Å². The first-order chi connectivity index (χ1) is 12.2. The smallest absolute Gasteiger partial charge is 0.295 e. The number of fused-ring (bicyclic) bond motifs is 2. The van der Waals surface area contributed by atoms with Crippen LogP contribution < -0.4 is 5.48 Å². The van der Waals surface area contributed by atoms with Gasteiger partial charge in [-0.2, -0.15) is 5.10 Å². The fraction of sp³-hybridized carbons (Fsp3) is 0.235. The summed E-state index contributed by atoms with van der Waals surface area (Å²) in [6.07, 6.45) is 0.755. The van der Waals surface area contributed by atoms with E-state index in [0.717, 1.165) is 22.2 Å². The quantitative estimate of drug-likeness (QED) is 0.545. The molecule has 0 fully saturated rings. The number of benzene rings is 1. The Balaban J connectivity index is 1.61. The standard InChI is InChI=1S/C17H16N4O3S/c22-16(19-24)13-9-12-10-20(6-3-7-21(12)18-13)17(23)15-8-11-4-1-2-5-14(11)25-15/h1-2,4-5,8-9,24H,3,6-7,10H2,(H,19,22). The van der Waals surface area contributed by atoms with E-state index in [9.17, 15) is 9.59 Å². The lowest BCUT2D eigenvalue weighted by Crippen LogP contribution is -2.30. The molecule has 4 rings (SSSR count). The van der Waals surface area contributed by atoms with E-state index in [1.807, 2.05) is 30.3 Å². The van der Waals surface area contributed by atoms with E-state index in [0.29, 0.717) is 24.5 Å². The zero-order valence-corrected chi connectivity index (χ0v) is 14.1. The maximum atomic E-state index is 12.9. The molecule has 8 heteroatoms. The Bertz CT molecular complexity index is 929. The molecule has 2 amide bonds. The first kappa shape index (κ1) is 15.8. The SMILES string of the molecule is O=C(NO)c1cc2n(n1)CCCN(C(=O)c1cc3ccccc3s1)C2. The molecule has 2 N–H and O–H groups in total. The molecule has 0 saturated heterocycles. The number of hydroxylamine groups is 1. The van der Waals surface area contributed by atoms with Gasteiger partial charge in [-0.3, -0.25) is 19.5 Å². The van der Waals surface area contributed by atoms with Crippen molar-refractivity contribution in [2.24, 2.45) is 0 Å². The molecule has 3 aromatic rings. The Hall–Kier alpha value is -2.71. The summed E-state index contributed by atoms with van der Waals surface area (Å²) < 4.78 is 2.82. The van der Waals surface area contributed by atoms with Gasteiger partial charge in [0.25, 0.3) is 11.8 Å². The molecule has 1 aliphatic rings. The number of amides is 2. The third kappa shape index (κ3) is 2.90. The molecule has 0 spiro atoms. The fourth-order valence-corrected chi connectivity index (χ4v) is 4.08. The van der Waals surface area contributed by atoms with E-state index in [2.05, 4.69) is 5.10 Å². The largest absolute Gasteiger partial charge is 0.332 e. The number of nitrogens with zero attached hydrogens (tertiary/aromatic N) is 3. The van der Waals surface area contributed by atoms with E-state index < -0.39 is 5.91 Å². The van der Waals surface area contributed by atoms with Gasteiger partial charge in [-0.25, -0.2) is 5.48 Å². The van der Waals surface area contributed by atoms with Crippen molar-refractivity contribution in [3.63, 3.8) is 0 Å². The Morgan fingerprint density at radius 3 is 2.84 bits per heavy atom. The minimum atomic E-state index is -0.650. The molecule has 7 nitrogen and oxygen atoms in total. The van der Waals surface area contributed by atoms with Crippen LogP contribution in [0.2, 0.25) is 0 Å². The highest BCUT2D eigenvalue weighted by atomic mass is 32.1. The van der Waals surface area contributed by atoms with Crippen molar-refractivity contribution in [2.75, 3.05) is 6.54 Å². The van der Waals surface area contributed by atoms with Gasteiger partial charge in [0.2, 0.25) is 0 Å². The average Bonchev–Trinajstić information content (AvgIpc) is 3.19. The second kappa shape index (κ2) is 6.30. The predicted octanol–water partition coefficient (Wildman–Crippen LogP) is 2.26. The van der Waals surface area contributed by atoms with E-state index in [1.165, 1.54) is 11.3 Å². The van der Waals surface area contributed by atoms with Crippen LogP contribution in [0.5, 0.6) is 0 Å². The van der Waals surface area contributed by atoms with Crippen LogP contribution in [0.3, 0.4) is 0 Å². The predicted molar refractivity (Wildman–Crippen MR) is 92.7 cm³/mol. The maximum absolute atomic E-state index is 12.9. The zero-order chi connectivity index (χ0) is 17.4. The molecular formula is C17H16N4O3S. The Morgan fingerprint density at radius 2 is 2.04 bits per heavy atom. The third-order valence-corrected chi connectivity index (χ3v) is 5.38. The number of hydrogen-bond acceptors (Lipinski definition) is 5. The summed E-state index contributed by atoms with van der Waals surface area (Å²) in [7, 11) is 0. The van der Waals surface area contributed by atoms with Gasteiger partial charge < -0.3 is 4.90 Å². The van der Waals surface area contributed by atoms with E-state index >= 15 is 0 Å². The van der Waals surface area contributed by atoms with Gasteiger partial charge in [0, 0.05) is 17.8 Å². The van der Waals surface area contributed by atoms with Gasteiger partial charge >= 0.3 is 0 Å². The van der Waals surface area contributed by atoms with E-state index in [1.54, 1.807) is 21.1 Å². The molecule has 0 bridgehead atoms. The summed E-state index contributed by atoms with van der Waals surface area (Å²) in [5.74, 6) is -0.660. The Kier molecular flexibility index (Phi) is 3.98. The summed E-state index contributed by atoms with van der Waals surface area (Å²) >= 11 is 1.49. The van der Waals surface area contributed by atoms with E-state index in [4.69, 9.17) is 5.21 Å². The van der Waals surface area contributed by atoms with Crippen molar-refractivity contribution in [1.82, 2.24) is 20.2 Å². The molecule has 1 aromatic carbocycles. The first-order valence-corrected chi connectivity index (χ1v) is 8.76. The second-order valence-electron chi connectivity index (χ2n) is 5.91. The summed E-state index contributed by atoms with van der Waals surface area (Å²) in [6, 6.07) is 11.5. The number of carbonyl (C=O) groups excluding carboxylic acids is 2. The molecule has 3 heterocycles. The van der Waals surface area contributed by atoms with Crippen molar-refractivity contribution < 1.29 is 14.8 Å². The van der Waals surface area contributed by atoms with Crippen LogP contribution in [-0.4, -0.2) is 38.2 Å². The second-order valence-corrected chi connectivity index (χ2v) is 7.00. The lowest BCUT2D eigenvalue weighted by atomic mass is 10.2. The van der Waals surface area contributed by atoms with Crippen LogP contribution in [0.1, 0.15) is 32.3 Å². The van der Waals surface area contributed by atoms with Gasteiger partial charge in [0.15, 0.2) is 5.69 Å². The minimum absolute atomic E-state index is 0.0102. The van der Waals surface area contributed by atoms with Crippen molar-refractivity contribution in [3.05, 3.63) is 52.7 Å². The lowest BCUT2D eigenvalue weighted by molar-refractivity contribution is 0.0699. The number of nitrogens with one attached hydrogen (secondary N) is 1. The highest BCUT2D eigenvalue weighted by Gasteiger charge is 2.24. The zero-order valence-electron chi connectivity index (χ0n) is 13.3. The molecule has 128 valence electrons. The molecule has 0 radical (unpaired) electrons. The van der Waals surface area contributed by atoms with Crippen molar-refractivity contribution >= 4 is 33.2 Å². The van der Waals surface area contributed by atoms with Gasteiger partial charge in [0.1, 0.15) is 0 Å². The number of aromatic nitrogens is 2. The molecule has 25 heavy (non-hydrogen) atoms. The monoisotopic (exact) mass is 356 g/mol. The summed E-state index contributed by atoms with van der Waals surface area (Å²) in [5.41, 5.74) is 2.52. The maximum Gasteiger partial charge on any atom is 0.295 e. The summed E-state index contributed by atoms with van der Waals surface area (Å²) in [5, 5.41) is 14.0. The molecule has 2 aromatic heterocycles. The summed E-state index contributed by atoms with van der Waals surface area (Å²) in [4.78, 5) is 26.9. The molecule has 0 unspecified atom stereocenters. The third-order valence-electron chi connectivity index (χ3n) is 4.27. The highest BCUT2D eigenvalue weighted by Crippen LogP contribution is 2.27. The normalized spacial score (nSPS) is 14.2. The van der Waals surface area contributed by atoms with Crippen LogP contribution in [0, 0.1) is 0 Å². The molecular weight excluding hydrogens is 340 g/mol. The molecule has 0 aliphatic carbocycles. The lowest BCUT2D eigenvalue weighted by Gasteiger charge is -2.19. The van der Waals surface area contributed by atoms with Crippen LogP contribution in [0.25, 0.3) is 10.1 Å².